The summed E-state index contributed by atoms with van der Waals surface area (Å²) < 4.78 is 15.5. The Hall–Kier alpha value is -1.55. The van der Waals surface area contributed by atoms with E-state index >= 15 is 0 Å². The number of nitrogens with zero attached hydrogens (tertiary/aromatic N) is 2. The third-order valence-corrected chi connectivity index (χ3v) is 3.13. The molecule has 3 nitrogen and oxygen atoms in total. The van der Waals surface area contributed by atoms with E-state index in [-0.39, 0.29) is 11.7 Å². The Morgan fingerprint density at radius 1 is 1.39 bits per heavy atom. The summed E-state index contributed by atoms with van der Waals surface area (Å²) in [5.41, 5.74) is 7.77. The van der Waals surface area contributed by atoms with Gasteiger partial charge in [0.25, 0.3) is 0 Å². The molecule has 0 fully saturated rings. The highest BCUT2D eigenvalue weighted by atomic mass is 35.5. The molecule has 96 valence electrons. The van der Waals surface area contributed by atoms with Crippen LogP contribution in [0.4, 0.5) is 10.2 Å². The number of hydrogen-bond acceptors (Lipinski definition) is 2. The van der Waals surface area contributed by atoms with Gasteiger partial charge in [0.15, 0.2) is 0 Å². The number of benzene rings is 1. The molecule has 2 N–H and O–H groups in total. The molecule has 0 aliphatic heterocycles. The maximum Gasteiger partial charge on any atom is 0.132 e. The average molecular weight is 268 g/mol. The van der Waals surface area contributed by atoms with E-state index in [1.54, 1.807) is 17.8 Å². The van der Waals surface area contributed by atoms with Gasteiger partial charge in [-0.05, 0) is 24.1 Å². The first kappa shape index (κ1) is 12.9. The maximum atomic E-state index is 13.9. The highest BCUT2D eigenvalue weighted by Gasteiger charge is 2.20. The lowest BCUT2D eigenvalue weighted by molar-refractivity contribution is 0.629. The van der Waals surface area contributed by atoms with Crippen LogP contribution in [0.3, 0.4) is 0 Å². The van der Waals surface area contributed by atoms with Crippen LogP contribution >= 0.6 is 11.6 Å². The van der Waals surface area contributed by atoms with Crippen molar-refractivity contribution < 1.29 is 4.39 Å². The first-order chi connectivity index (χ1) is 8.41. The van der Waals surface area contributed by atoms with Gasteiger partial charge in [-0.3, -0.25) is 4.68 Å². The van der Waals surface area contributed by atoms with Gasteiger partial charge in [0.05, 0.1) is 0 Å². The van der Waals surface area contributed by atoms with Crippen LogP contribution in [0.25, 0.3) is 11.3 Å². The van der Waals surface area contributed by atoms with Crippen molar-refractivity contribution in [2.24, 2.45) is 7.05 Å². The van der Waals surface area contributed by atoms with E-state index in [1.807, 2.05) is 13.8 Å². The molecule has 0 bridgehead atoms. The summed E-state index contributed by atoms with van der Waals surface area (Å²) >= 11 is 5.91. The standard InChI is InChI=1S/C13H15ClFN3/c1-7(2)11-12(17-18(3)13(11)16)9-6-8(14)4-5-10(9)15/h4-7H,16H2,1-3H3. The molecule has 5 heteroatoms. The SMILES string of the molecule is CC(C)c1c(-c2cc(Cl)ccc2F)nn(C)c1N. The quantitative estimate of drug-likeness (QED) is 0.904. The van der Waals surface area contributed by atoms with Gasteiger partial charge in [-0.15, -0.1) is 0 Å². The fourth-order valence-electron chi connectivity index (χ4n) is 2.00. The number of anilines is 1. The van der Waals surface area contributed by atoms with E-state index in [0.717, 1.165) is 5.56 Å². The van der Waals surface area contributed by atoms with Crippen molar-refractivity contribution in [3.8, 4) is 11.3 Å². The zero-order valence-electron chi connectivity index (χ0n) is 10.5. The highest BCUT2D eigenvalue weighted by molar-refractivity contribution is 6.30. The number of hydrogen-bond donors (Lipinski definition) is 1. The first-order valence-electron chi connectivity index (χ1n) is 5.69. The molecular formula is C13H15ClFN3. The van der Waals surface area contributed by atoms with Crippen molar-refractivity contribution in [3.63, 3.8) is 0 Å². The van der Waals surface area contributed by atoms with Crippen molar-refractivity contribution in [1.82, 2.24) is 9.78 Å². The zero-order valence-corrected chi connectivity index (χ0v) is 11.3. The third kappa shape index (κ3) is 2.08. The second-order valence-corrected chi connectivity index (χ2v) is 4.99. The van der Waals surface area contributed by atoms with Gasteiger partial charge in [0.2, 0.25) is 0 Å². The fraction of sp³-hybridized carbons (Fsp3) is 0.308. The van der Waals surface area contributed by atoms with E-state index in [0.29, 0.717) is 22.1 Å². The molecule has 0 spiro atoms. The molecule has 1 aromatic carbocycles. The summed E-state index contributed by atoms with van der Waals surface area (Å²) in [6, 6.07) is 4.43. The Kier molecular flexibility index (Phi) is 3.30. The van der Waals surface area contributed by atoms with Crippen LogP contribution in [0.1, 0.15) is 25.3 Å². The maximum absolute atomic E-state index is 13.9. The Balaban J connectivity index is 2.71. The van der Waals surface area contributed by atoms with Gasteiger partial charge in [-0.25, -0.2) is 4.39 Å². The molecule has 0 aliphatic carbocycles. The van der Waals surface area contributed by atoms with E-state index < -0.39 is 0 Å². The van der Waals surface area contributed by atoms with Crippen LogP contribution in [0, 0.1) is 5.82 Å². The van der Waals surface area contributed by atoms with Crippen LogP contribution in [-0.2, 0) is 7.05 Å². The van der Waals surface area contributed by atoms with Crippen molar-refractivity contribution in [2.45, 2.75) is 19.8 Å². The Morgan fingerprint density at radius 3 is 2.67 bits per heavy atom. The van der Waals surface area contributed by atoms with Gasteiger partial charge >= 0.3 is 0 Å². The van der Waals surface area contributed by atoms with Crippen molar-refractivity contribution >= 4 is 17.4 Å². The molecule has 18 heavy (non-hydrogen) atoms. The number of aromatic nitrogens is 2. The Morgan fingerprint density at radius 2 is 2.06 bits per heavy atom. The number of aryl methyl sites for hydroxylation is 1. The zero-order chi connectivity index (χ0) is 13.4. The fourth-order valence-corrected chi connectivity index (χ4v) is 2.17. The smallest absolute Gasteiger partial charge is 0.132 e. The van der Waals surface area contributed by atoms with Crippen LogP contribution in [0.2, 0.25) is 5.02 Å². The molecule has 0 unspecified atom stereocenters. The Bertz CT molecular complexity index is 590. The van der Waals surface area contributed by atoms with Crippen LogP contribution in [-0.4, -0.2) is 9.78 Å². The summed E-state index contributed by atoms with van der Waals surface area (Å²) in [4.78, 5) is 0. The lowest BCUT2D eigenvalue weighted by atomic mass is 9.98. The van der Waals surface area contributed by atoms with Crippen molar-refractivity contribution in [3.05, 3.63) is 34.6 Å². The van der Waals surface area contributed by atoms with Gasteiger partial charge < -0.3 is 5.73 Å². The summed E-state index contributed by atoms with van der Waals surface area (Å²) in [7, 11) is 1.74. The highest BCUT2D eigenvalue weighted by Crippen LogP contribution is 2.34. The normalized spacial score (nSPS) is 11.2. The molecule has 0 atom stereocenters. The molecule has 0 radical (unpaired) electrons. The minimum atomic E-state index is -0.348. The van der Waals surface area contributed by atoms with Gasteiger partial charge in [0, 0.05) is 23.2 Å². The second kappa shape index (κ2) is 4.61. The van der Waals surface area contributed by atoms with E-state index in [1.165, 1.54) is 12.1 Å². The molecule has 0 saturated heterocycles. The molecule has 0 saturated carbocycles. The van der Waals surface area contributed by atoms with Crippen LogP contribution < -0.4 is 5.73 Å². The first-order valence-corrected chi connectivity index (χ1v) is 6.07. The van der Waals surface area contributed by atoms with Gasteiger partial charge in [-0.2, -0.15) is 5.10 Å². The summed E-state index contributed by atoms with van der Waals surface area (Å²) in [6.45, 7) is 4.00. The third-order valence-electron chi connectivity index (χ3n) is 2.89. The predicted octanol–water partition coefficient (Wildman–Crippen LogP) is 3.59. The summed E-state index contributed by atoms with van der Waals surface area (Å²) in [5, 5.41) is 4.77. The predicted molar refractivity (Wildman–Crippen MR) is 72.1 cm³/mol. The number of rotatable bonds is 2. The number of nitrogen functional groups attached to an aromatic ring is 1. The summed E-state index contributed by atoms with van der Waals surface area (Å²) in [5.74, 6) is 0.367. The lowest BCUT2D eigenvalue weighted by Gasteiger charge is -2.08. The molecule has 1 aromatic heterocycles. The minimum Gasteiger partial charge on any atom is -0.384 e. The van der Waals surface area contributed by atoms with E-state index in [9.17, 15) is 4.39 Å². The molecular weight excluding hydrogens is 253 g/mol. The molecule has 0 amide bonds. The monoisotopic (exact) mass is 267 g/mol. The van der Waals surface area contributed by atoms with Crippen molar-refractivity contribution in [1.29, 1.82) is 0 Å². The van der Waals surface area contributed by atoms with Crippen LogP contribution in [0.15, 0.2) is 18.2 Å². The molecule has 0 aliphatic rings. The summed E-state index contributed by atoms with van der Waals surface area (Å²) in [6.07, 6.45) is 0. The number of halogens is 2. The van der Waals surface area contributed by atoms with E-state index in [2.05, 4.69) is 5.10 Å². The van der Waals surface area contributed by atoms with Crippen molar-refractivity contribution in [2.75, 3.05) is 5.73 Å². The average Bonchev–Trinajstić information content (AvgIpc) is 2.59. The topological polar surface area (TPSA) is 43.8 Å². The second-order valence-electron chi connectivity index (χ2n) is 4.55. The lowest BCUT2D eigenvalue weighted by Crippen LogP contribution is -2.00. The van der Waals surface area contributed by atoms with Gasteiger partial charge in [-0.1, -0.05) is 25.4 Å². The molecule has 2 rings (SSSR count). The molecule has 2 aromatic rings. The Labute approximate surface area is 110 Å². The van der Waals surface area contributed by atoms with Gasteiger partial charge in [0.1, 0.15) is 17.3 Å². The van der Waals surface area contributed by atoms with Crippen LogP contribution in [0.5, 0.6) is 0 Å². The largest absolute Gasteiger partial charge is 0.384 e. The number of nitrogens with two attached hydrogens (primary N) is 1. The van der Waals surface area contributed by atoms with E-state index in [4.69, 9.17) is 17.3 Å². The molecule has 1 heterocycles. The minimum absolute atomic E-state index is 0.159.